The number of ether oxygens (including phenoxy) is 3. The van der Waals surface area contributed by atoms with Crippen molar-refractivity contribution in [1.82, 2.24) is 5.32 Å². The van der Waals surface area contributed by atoms with Crippen molar-refractivity contribution in [2.75, 3.05) is 20.3 Å². The smallest absolute Gasteiger partial charge is 0.344 e. The first kappa shape index (κ1) is 23.0. The first-order valence-corrected chi connectivity index (χ1v) is 9.91. The quantitative estimate of drug-likeness (QED) is 0.593. The Hall–Kier alpha value is -3.28. The van der Waals surface area contributed by atoms with Gasteiger partial charge in [0, 0.05) is 0 Å². The van der Waals surface area contributed by atoms with Crippen LogP contribution in [0, 0.1) is 6.92 Å². The van der Waals surface area contributed by atoms with E-state index in [-0.39, 0.29) is 25.2 Å². The highest BCUT2D eigenvalue weighted by molar-refractivity contribution is 5.81. The maximum absolute atomic E-state index is 12.2. The van der Waals surface area contributed by atoms with Crippen LogP contribution in [-0.4, -0.2) is 32.2 Å². The number of hydrogen-bond acceptors (Lipinski definition) is 5. The number of allylic oxidation sites excluding steroid dienone is 1. The molecule has 2 rings (SSSR count). The number of hydrogen-bond donors (Lipinski definition) is 1. The van der Waals surface area contributed by atoms with Crippen LogP contribution in [0.1, 0.15) is 43.0 Å². The third kappa shape index (κ3) is 6.95. The molecule has 6 heteroatoms. The Balaban J connectivity index is 1.82. The van der Waals surface area contributed by atoms with Crippen LogP contribution in [0.3, 0.4) is 0 Å². The average molecular weight is 411 g/mol. The molecule has 0 fully saturated rings. The molecule has 30 heavy (non-hydrogen) atoms. The first-order valence-electron chi connectivity index (χ1n) is 9.91. The predicted molar refractivity (Wildman–Crippen MR) is 117 cm³/mol. The van der Waals surface area contributed by atoms with Crippen LogP contribution < -0.4 is 14.8 Å². The SMILES string of the molecule is C/C=C/c1ccc(OCC(=O)OCC(=O)N[C@@H](CC)c2ccc(C)cc2)c(OC)c1. The molecule has 2 aromatic carbocycles. The highest BCUT2D eigenvalue weighted by Gasteiger charge is 2.15. The molecular weight excluding hydrogens is 382 g/mol. The lowest BCUT2D eigenvalue weighted by molar-refractivity contribution is -0.150. The maximum atomic E-state index is 12.2. The minimum absolute atomic E-state index is 0.131. The minimum atomic E-state index is -0.631. The van der Waals surface area contributed by atoms with Crippen LogP contribution in [0.2, 0.25) is 0 Å². The zero-order chi connectivity index (χ0) is 21.9. The number of amides is 1. The number of carbonyl (C=O) groups is 2. The fraction of sp³-hybridized carbons (Fsp3) is 0.333. The Bertz CT molecular complexity index is 874. The second-order valence-electron chi connectivity index (χ2n) is 6.80. The van der Waals surface area contributed by atoms with Crippen molar-refractivity contribution in [2.24, 2.45) is 0 Å². The van der Waals surface area contributed by atoms with Crippen LogP contribution in [0.15, 0.2) is 48.5 Å². The van der Waals surface area contributed by atoms with Crippen LogP contribution in [0.5, 0.6) is 11.5 Å². The Morgan fingerprint density at radius 2 is 1.80 bits per heavy atom. The van der Waals surface area contributed by atoms with Crippen molar-refractivity contribution in [2.45, 2.75) is 33.2 Å². The highest BCUT2D eigenvalue weighted by Crippen LogP contribution is 2.28. The number of nitrogens with one attached hydrogen (secondary N) is 1. The molecule has 160 valence electrons. The first-order chi connectivity index (χ1) is 14.5. The van der Waals surface area contributed by atoms with Crippen molar-refractivity contribution < 1.29 is 23.8 Å². The van der Waals surface area contributed by atoms with Crippen molar-refractivity contribution in [3.63, 3.8) is 0 Å². The molecule has 0 unspecified atom stereocenters. The Kier molecular flexibility index (Phi) is 8.94. The van der Waals surface area contributed by atoms with Crippen LogP contribution in [-0.2, 0) is 14.3 Å². The average Bonchev–Trinajstić information content (AvgIpc) is 2.75. The Labute approximate surface area is 177 Å². The summed E-state index contributed by atoms with van der Waals surface area (Å²) in [6.07, 6.45) is 4.58. The lowest BCUT2D eigenvalue weighted by Gasteiger charge is -2.17. The van der Waals surface area contributed by atoms with Gasteiger partial charge in [-0.25, -0.2) is 4.79 Å². The number of rotatable bonds is 10. The highest BCUT2D eigenvalue weighted by atomic mass is 16.6. The van der Waals surface area contributed by atoms with Gasteiger partial charge in [-0.2, -0.15) is 0 Å². The topological polar surface area (TPSA) is 73.9 Å². The van der Waals surface area contributed by atoms with Gasteiger partial charge in [0.05, 0.1) is 13.2 Å². The summed E-state index contributed by atoms with van der Waals surface area (Å²) in [6, 6.07) is 13.2. The van der Waals surface area contributed by atoms with Gasteiger partial charge in [0.25, 0.3) is 5.91 Å². The minimum Gasteiger partial charge on any atom is -0.493 e. The van der Waals surface area contributed by atoms with E-state index >= 15 is 0 Å². The zero-order valence-corrected chi connectivity index (χ0v) is 17.9. The summed E-state index contributed by atoms with van der Waals surface area (Å²) in [5.74, 6) is -0.0465. The van der Waals surface area contributed by atoms with Gasteiger partial charge in [0.1, 0.15) is 0 Å². The van der Waals surface area contributed by atoms with Gasteiger partial charge in [-0.3, -0.25) is 4.79 Å². The molecule has 0 aliphatic carbocycles. The second-order valence-corrected chi connectivity index (χ2v) is 6.80. The van der Waals surface area contributed by atoms with Gasteiger partial charge < -0.3 is 19.5 Å². The molecule has 1 amide bonds. The summed E-state index contributed by atoms with van der Waals surface area (Å²) >= 11 is 0. The van der Waals surface area contributed by atoms with E-state index in [9.17, 15) is 9.59 Å². The normalized spacial score (nSPS) is 11.7. The van der Waals surface area contributed by atoms with Gasteiger partial charge in [-0.15, -0.1) is 0 Å². The van der Waals surface area contributed by atoms with E-state index in [1.54, 1.807) is 6.07 Å². The van der Waals surface area contributed by atoms with Gasteiger partial charge >= 0.3 is 5.97 Å². The summed E-state index contributed by atoms with van der Waals surface area (Å²) in [5.41, 5.74) is 3.13. The summed E-state index contributed by atoms with van der Waals surface area (Å²) in [5, 5.41) is 2.88. The van der Waals surface area contributed by atoms with Crippen molar-refractivity contribution >= 4 is 18.0 Å². The number of carbonyl (C=O) groups excluding carboxylic acids is 2. The molecule has 0 aliphatic rings. The van der Waals surface area contributed by atoms with Gasteiger partial charge in [0.15, 0.2) is 24.7 Å². The number of benzene rings is 2. The molecular formula is C24H29NO5. The lowest BCUT2D eigenvalue weighted by atomic mass is 10.0. The summed E-state index contributed by atoms with van der Waals surface area (Å²) in [7, 11) is 1.53. The zero-order valence-electron chi connectivity index (χ0n) is 17.9. The monoisotopic (exact) mass is 411 g/mol. The Morgan fingerprint density at radius 1 is 1.07 bits per heavy atom. The van der Waals surface area contributed by atoms with Gasteiger partial charge in [-0.1, -0.05) is 55.0 Å². The van der Waals surface area contributed by atoms with Crippen LogP contribution in [0.25, 0.3) is 6.08 Å². The summed E-state index contributed by atoms with van der Waals surface area (Å²) in [4.78, 5) is 24.1. The van der Waals surface area contributed by atoms with Crippen molar-refractivity contribution in [3.05, 3.63) is 65.2 Å². The van der Waals surface area contributed by atoms with Crippen LogP contribution in [0.4, 0.5) is 0 Å². The molecule has 1 atom stereocenters. The van der Waals surface area contributed by atoms with E-state index in [0.717, 1.165) is 23.1 Å². The molecule has 0 radical (unpaired) electrons. The lowest BCUT2D eigenvalue weighted by Crippen LogP contribution is -2.33. The van der Waals surface area contributed by atoms with E-state index in [4.69, 9.17) is 14.2 Å². The molecule has 0 heterocycles. The molecule has 0 bridgehead atoms. The van der Waals surface area contributed by atoms with E-state index < -0.39 is 5.97 Å². The van der Waals surface area contributed by atoms with E-state index in [1.165, 1.54) is 7.11 Å². The third-order valence-corrected chi connectivity index (χ3v) is 4.48. The molecule has 0 aliphatic heterocycles. The molecule has 0 spiro atoms. The molecule has 1 N–H and O–H groups in total. The third-order valence-electron chi connectivity index (χ3n) is 4.48. The molecule has 0 saturated carbocycles. The molecule has 2 aromatic rings. The fourth-order valence-corrected chi connectivity index (χ4v) is 2.88. The molecule has 0 saturated heterocycles. The summed E-state index contributed by atoms with van der Waals surface area (Å²) in [6.45, 7) is 5.24. The van der Waals surface area contributed by atoms with Gasteiger partial charge in [-0.05, 0) is 43.5 Å². The Morgan fingerprint density at radius 3 is 2.43 bits per heavy atom. The maximum Gasteiger partial charge on any atom is 0.344 e. The number of esters is 1. The van der Waals surface area contributed by atoms with E-state index in [1.807, 2.05) is 69.3 Å². The molecule has 6 nitrogen and oxygen atoms in total. The van der Waals surface area contributed by atoms with E-state index in [2.05, 4.69) is 5.32 Å². The second kappa shape index (κ2) is 11.7. The van der Waals surface area contributed by atoms with Gasteiger partial charge in [0.2, 0.25) is 0 Å². The molecule has 0 aromatic heterocycles. The standard InChI is InChI=1S/C24H29NO5/c1-5-7-18-10-13-21(22(14-18)28-4)29-16-24(27)30-15-23(26)25-20(6-2)19-11-8-17(3)9-12-19/h5,7-14,20H,6,15-16H2,1-4H3,(H,25,26)/b7-5+/t20-/m0/s1. The van der Waals surface area contributed by atoms with Crippen molar-refractivity contribution in [1.29, 1.82) is 0 Å². The van der Waals surface area contributed by atoms with E-state index in [0.29, 0.717) is 11.5 Å². The van der Waals surface area contributed by atoms with Crippen molar-refractivity contribution in [3.8, 4) is 11.5 Å². The number of methoxy groups -OCH3 is 1. The summed E-state index contributed by atoms with van der Waals surface area (Å²) < 4.78 is 15.8. The fourth-order valence-electron chi connectivity index (χ4n) is 2.88. The number of aryl methyl sites for hydroxylation is 1. The largest absolute Gasteiger partial charge is 0.493 e. The predicted octanol–water partition coefficient (Wildman–Crippen LogP) is 4.23. The van der Waals surface area contributed by atoms with Crippen LogP contribution >= 0.6 is 0 Å².